The highest BCUT2D eigenvalue weighted by Crippen LogP contribution is 2.33. The zero-order valence-corrected chi connectivity index (χ0v) is 14.6. The molecule has 0 fully saturated rings. The van der Waals surface area contributed by atoms with Crippen molar-refractivity contribution >= 4 is 5.78 Å². The molecule has 3 aromatic rings. The molecule has 2 heterocycles. The Balaban J connectivity index is 1.64. The number of carbonyl (C=O) groups excluding carboxylic acids is 1. The van der Waals surface area contributed by atoms with E-state index in [1.165, 1.54) is 0 Å². The van der Waals surface area contributed by atoms with E-state index >= 15 is 0 Å². The quantitative estimate of drug-likeness (QED) is 0.687. The number of aromatic nitrogens is 5. The molecule has 2 aromatic heterocycles. The monoisotopic (exact) mass is 343 g/mol. The maximum atomic E-state index is 12.2. The maximum absolute atomic E-state index is 12.2. The highest BCUT2D eigenvalue weighted by molar-refractivity contribution is 5.98. The summed E-state index contributed by atoms with van der Waals surface area (Å²) in [6.45, 7) is 4.19. The van der Waals surface area contributed by atoms with Crippen LogP contribution in [-0.2, 0) is 6.42 Å². The normalized spacial score (nSPS) is 15.1. The molecule has 0 radical (unpaired) electrons. The van der Waals surface area contributed by atoms with Crippen molar-refractivity contribution in [2.45, 2.75) is 26.7 Å². The standard InChI is InChI=1S/C20H17N5O/c1-20(2)11-17-16(18(26)12-20)9-8-15(21-17)7-6-13-4-3-5-14(10-13)19-22-24-25-23-19/h3-5,8-10H,11-12H2,1-2H3,(H,22,23,24,25). The second-order valence-electron chi connectivity index (χ2n) is 7.20. The van der Waals surface area contributed by atoms with E-state index < -0.39 is 0 Å². The Morgan fingerprint density at radius 3 is 2.81 bits per heavy atom. The highest BCUT2D eigenvalue weighted by atomic mass is 16.1. The van der Waals surface area contributed by atoms with Crippen molar-refractivity contribution in [1.82, 2.24) is 25.6 Å². The summed E-state index contributed by atoms with van der Waals surface area (Å²) in [6.07, 6.45) is 1.35. The van der Waals surface area contributed by atoms with Crippen molar-refractivity contribution in [3.05, 3.63) is 58.9 Å². The topological polar surface area (TPSA) is 84.4 Å². The van der Waals surface area contributed by atoms with E-state index in [9.17, 15) is 4.79 Å². The van der Waals surface area contributed by atoms with Gasteiger partial charge in [-0.25, -0.2) is 4.98 Å². The number of carbonyl (C=O) groups is 1. The van der Waals surface area contributed by atoms with Crippen molar-refractivity contribution in [2.75, 3.05) is 0 Å². The summed E-state index contributed by atoms with van der Waals surface area (Å²) in [4.78, 5) is 16.9. The van der Waals surface area contributed by atoms with Crippen LogP contribution >= 0.6 is 0 Å². The average Bonchev–Trinajstić information content (AvgIpc) is 3.13. The third-order valence-electron chi connectivity index (χ3n) is 4.36. The number of benzene rings is 1. The molecule has 0 spiro atoms. The lowest BCUT2D eigenvalue weighted by molar-refractivity contribution is 0.0910. The summed E-state index contributed by atoms with van der Waals surface area (Å²) in [6, 6.07) is 11.3. The zero-order chi connectivity index (χ0) is 18.1. The van der Waals surface area contributed by atoms with Crippen LogP contribution in [0.25, 0.3) is 11.4 Å². The Morgan fingerprint density at radius 2 is 2.00 bits per heavy atom. The largest absolute Gasteiger partial charge is 0.294 e. The lowest BCUT2D eigenvalue weighted by atomic mass is 9.75. The summed E-state index contributed by atoms with van der Waals surface area (Å²) < 4.78 is 0. The second-order valence-corrected chi connectivity index (χ2v) is 7.20. The third kappa shape index (κ3) is 3.24. The van der Waals surface area contributed by atoms with Crippen LogP contribution in [0.15, 0.2) is 36.4 Å². The van der Waals surface area contributed by atoms with Crippen molar-refractivity contribution < 1.29 is 4.79 Å². The fraction of sp³-hybridized carbons (Fsp3) is 0.250. The van der Waals surface area contributed by atoms with Crippen molar-refractivity contribution in [3.63, 3.8) is 0 Å². The van der Waals surface area contributed by atoms with E-state index in [-0.39, 0.29) is 11.2 Å². The summed E-state index contributed by atoms with van der Waals surface area (Å²) in [5, 5.41) is 14.0. The van der Waals surface area contributed by atoms with E-state index in [0.717, 1.165) is 28.8 Å². The maximum Gasteiger partial charge on any atom is 0.204 e. The molecule has 1 aromatic carbocycles. The van der Waals surface area contributed by atoms with Gasteiger partial charge in [0.15, 0.2) is 5.78 Å². The van der Waals surface area contributed by atoms with Gasteiger partial charge in [-0.05, 0) is 47.2 Å². The van der Waals surface area contributed by atoms with E-state index in [4.69, 9.17) is 0 Å². The highest BCUT2D eigenvalue weighted by Gasteiger charge is 2.31. The number of ketones is 1. The Labute approximate surface area is 151 Å². The predicted octanol–water partition coefficient (Wildman–Crippen LogP) is 2.82. The molecule has 0 aliphatic heterocycles. The van der Waals surface area contributed by atoms with E-state index in [1.54, 1.807) is 0 Å². The average molecular weight is 343 g/mol. The predicted molar refractivity (Wildman–Crippen MR) is 96.3 cm³/mol. The third-order valence-corrected chi connectivity index (χ3v) is 4.36. The molecule has 1 aliphatic carbocycles. The minimum Gasteiger partial charge on any atom is -0.294 e. The molecule has 6 heteroatoms. The second kappa shape index (κ2) is 6.19. The molecule has 1 N–H and O–H groups in total. The number of H-pyrrole nitrogens is 1. The zero-order valence-electron chi connectivity index (χ0n) is 14.6. The lowest BCUT2D eigenvalue weighted by Gasteiger charge is -2.29. The Bertz CT molecular complexity index is 1040. The fourth-order valence-corrected chi connectivity index (χ4v) is 3.16. The molecule has 1 aliphatic rings. The van der Waals surface area contributed by atoms with Gasteiger partial charge in [0, 0.05) is 23.1 Å². The number of tetrazole rings is 1. The van der Waals surface area contributed by atoms with Crippen LogP contribution in [0, 0.1) is 17.3 Å². The molecule has 0 atom stereocenters. The van der Waals surface area contributed by atoms with Crippen LogP contribution in [0.5, 0.6) is 0 Å². The summed E-state index contributed by atoms with van der Waals surface area (Å²) in [7, 11) is 0. The summed E-state index contributed by atoms with van der Waals surface area (Å²) in [5.74, 6) is 6.90. The first-order valence-electron chi connectivity index (χ1n) is 8.39. The van der Waals surface area contributed by atoms with Gasteiger partial charge >= 0.3 is 0 Å². The minimum absolute atomic E-state index is 0.0535. The number of hydrogen-bond donors (Lipinski definition) is 1. The van der Waals surface area contributed by atoms with Gasteiger partial charge in [0.05, 0.1) is 5.69 Å². The molecular formula is C20H17N5O. The van der Waals surface area contributed by atoms with Gasteiger partial charge in [-0.15, -0.1) is 10.2 Å². The number of aromatic amines is 1. The first-order chi connectivity index (χ1) is 12.5. The molecule has 0 saturated heterocycles. The van der Waals surface area contributed by atoms with Gasteiger partial charge in [0.2, 0.25) is 5.82 Å². The first-order valence-corrected chi connectivity index (χ1v) is 8.39. The van der Waals surface area contributed by atoms with E-state index in [1.807, 2.05) is 36.4 Å². The molecular weight excluding hydrogens is 326 g/mol. The SMILES string of the molecule is CC1(C)CC(=O)c2ccc(C#Cc3cccc(-c4nn[nH]n4)c3)nc2C1. The van der Waals surface area contributed by atoms with Crippen LogP contribution in [0.4, 0.5) is 0 Å². The molecule has 0 saturated carbocycles. The number of Topliss-reactive ketones (excluding diaryl/α,β-unsaturated/α-hetero) is 1. The molecule has 0 bridgehead atoms. The molecule has 6 nitrogen and oxygen atoms in total. The first kappa shape index (κ1) is 16.2. The number of hydrogen-bond acceptors (Lipinski definition) is 5. The number of rotatable bonds is 1. The number of fused-ring (bicyclic) bond motifs is 1. The lowest BCUT2D eigenvalue weighted by Crippen LogP contribution is -2.28. The number of nitrogens with zero attached hydrogens (tertiary/aromatic N) is 4. The van der Waals surface area contributed by atoms with Crippen molar-refractivity contribution in [1.29, 1.82) is 0 Å². The van der Waals surface area contributed by atoms with Crippen molar-refractivity contribution in [3.8, 4) is 23.2 Å². The van der Waals surface area contributed by atoms with Crippen LogP contribution in [0.2, 0.25) is 0 Å². The van der Waals surface area contributed by atoms with Gasteiger partial charge in [-0.2, -0.15) is 5.21 Å². The summed E-state index contributed by atoms with van der Waals surface area (Å²) >= 11 is 0. The molecule has 26 heavy (non-hydrogen) atoms. The molecule has 0 unspecified atom stereocenters. The molecule has 0 amide bonds. The van der Waals surface area contributed by atoms with Crippen LogP contribution < -0.4 is 0 Å². The molecule has 128 valence electrons. The minimum atomic E-state index is -0.0535. The Morgan fingerprint density at radius 1 is 1.12 bits per heavy atom. The van der Waals surface area contributed by atoms with Gasteiger partial charge in [0.25, 0.3) is 0 Å². The molecule has 4 rings (SSSR count). The van der Waals surface area contributed by atoms with Crippen LogP contribution in [0.1, 0.15) is 47.6 Å². The smallest absolute Gasteiger partial charge is 0.204 e. The Kier molecular flexibility index (Phi) is 3.85. The number of nitrogens with one attached hydrogen (secondary N) is 1. The van der Waals surface area contributed by atoms with Gasteiger partial charge in [0.1, 0.15) is 5.69 Å². The Hall–Kier alpha value is -3.33. The van der Waals surface area contributed by atoms with E-state index in [2.05, 4.69) is 51.3 Å². The fourth-order valence-electron chi connectivity index (χ4n) is 3.16. The van der Waals surface area contributed by atoms with Gasteiger partial charge < -0.3 is 0 Å². The van der Waals surface area contributed by atoms with Gasteiger partial charge in [-0.1, -0.05) is 31.9 Å². The summed E-state index contributed by atoms with van der Waals surface area (Å²) in [5.41, 5.74) is 3.87. The van der Waals surface area contributed by atoms with E-state index in [0.29, 0.717) is 17.9 Å². The van der Waals surface area contributed by atoms with Crippen molar-refractivity contribution in [2.24, 2.45) is 5.41 Å². The van der Waals surface area contributed by atoms with Crippen LogP contribution in [-0.4, -0.2) is 31.4 Å². The van der Waals surface area contributed by atoms with Crippen LogP contribution in [0.3, 0.4) is 0 Å². The van der Waals surface area contributed by atoms with Gasteiger partial charge in [-0.3, -0.25) is 4.79 Å². The number of pyridine rings is 1.